The van der Waals surface area contributed by atoms with Crippen LogP contribution in [0.2, 0.25) is 0 Å². The van der Waals surface area contributed by atoms with E-state index >= 15 is 0 Å². The molecule has 0 bridgehead atoms. The first kappa shape index (κ1) is 17.2. The van der Waals surface area contributed by atoms with E-state index in [4.69, 9.17) is 0 Å². The van der Waals surface area contributed by atoms with Crippen LogP contribution < -0.4 is 5.32 Å². The lowest BCUT2D eigenvalue weighted by atomic mass is 10.1. The third-order valence-corrected chi connectivity index (χ3v) is 4.38. The van der Waals surface area contributed by atoms with Gasteiger partial charge in [-0.05, 0) is 30.9 Å². The maximum Gasteiger partial charge on any atom is 0.261 e. The normalized spacial score (nSPS) is 10.6. The quantitative estimate of drug-likeness (QED) is 0.847. The molecule has 0 aliphatic carbocycles. The topological polar surface area (TPSA) is 49.4 Å². The van der Waals surface area contributed by atoms with Crippen LogP contribution in [0, 0.1) is 0 Å². The fourth-order valence-corrected chi connectivity index (χ4v) is 2.90. The standard InChI is InChI=1S/C18H22N2O2S/c1-14(2)20(13-15-7-4-3-5-8-15)17(21)10-11-19-18(22)16-9-6-12-23-16/h3-9,12,14H,10-11,13H2,1-2H3,(H,19,22). The number of nitrogens with zero attached hydrogens (tertiary/aromatic N) is 1. The highest BCUT2D eigenvalue weighted by Crippen LogP contribution is 2.10. The van der Waals surface area contributed by atoms with E-state index in [2.05, 4.69) is 5.32 Å². The second-order valence-electron chi connectivity index (χ2n) is 5.58. The zero-order valence-corrected chi connectivity index (χ0v) is 14.3. The van der Waals surface area contributed by atoms with E-state index in [1.54, 1.807) is 6.07 Å². The van der Waals surface area contributed by atoms with Gasteiger partial charge in [-0.3, -0.25) is 9.59 Å². The Morgan fingerprint density at radius 1 is 1.13 bits per heavy atom. The summed E-state index contributed by atoms with van der Waals surface area (Å²) in [5.74, 6) is -0.0673. The second-order valence-corrected chi connectivity index (χ2v) is 6.53. The summed E-state index contributed by atoms with van der Waals surface area (Å²) in [6, 6.07) is 13.7. The van der Waals surface area contributed by atoms with Gasteiger partial charge >= 0.3 is 0 Å². The minimum Gasteiger partial charge on any atom is -0.351 e. The Bertz CT molecular complexity index is 624. The fraction of sp³-hybridized carbons (Fsp3) is 0.333. The average molecular weight is 330 g/mol. The van der Waals surface area contributed by atoms with E-state index in [1.165, 1.54) is 11.3 Å². The number of amides is 2. The van der Waals surface area contributed by atoms with Gasteiger partial charge in [-0.15, -0.1) is 11.3 Å². The van der Waals surface area contributed by atoms with Gasteiger partial charge in [-0.2, -0.15) is 0 Å². The van der Waals surface area contributed by atoms with Crippen LogP contribution in [0.4, 0.5) is 0 Å². The first-order valence-electron chi connectivity index (χ1n) is 7.73. The third-order valence-electron chi connectivity index (χ3n) is 3.51. The van der Waals surface area contributed by atoms with Crippen molar-refractivity contribution in [3.63, 3.8) is 0 Å². The maximum absolute atomic E-state index is 12.4. The first-order valence-corrected chi connectivity index (χ1v) is 8.61. The van der Waals surface area contributed by atoms with Crippen molar-refractivity contribution in [2.45, 2.75) is 32.9 Å². The Labute approximate surface area is 141 Å². The van der Waals surface area contributed by atoms with Gasteiger partial charge in [-0.1, -0.05) is 36.4 Å². The number of carbonyl (C=O) groups is 2. The van der Waals surface area contributed by atoms with Crippen molar-refractivity contribution in [2.75, 3.05) is 6.54 Å². The van der Waals surface area contributed by atoms with Crippen molar-refractivity contribution >= 4 is 23.2 Å². The molecule has 0 fully saturated rings. The summed E-state index contributed by atoms with van der Waals surface area (Å²) in [5, 5.41) is 4.66. The summed E-state index contributed by atoms with van der Waals surface area (Å²) >= 11 is 1.40. The molecule has 0 unspecified atom stereocenters. The molecule has 0 radical (unpaired) electrons. The highest BCUT2D eigenvalue weighted by molar-refractivity contribution is 7.12. The highest BCUT2D eigenvalue weighted by atomic mass is 32.1. The van der Waals surface area contributed by atoms with Gasteiger partial charge in [0.25, 0.3) is 5.91 Å². The third kappa shape index (κ3) is 5.21. The zero-order chi connectivity index (χ0) is 16.7. The largest absolute Gasteiger partial charge is 0.351 e. The summed E-state index contributed by atoms with van der Waals surface area (Å²) in [7, 11) is 0. The van der Waals surface area contributed by atoms with Gasteiger partial charge in [-0.25, -0.2) is 0 Å². The van der Waals surface area contributed by atoms with Gasteiger partial charge in [0.1, 0.15) is 0 Å². The molecule has 1 N–H and O–H groups in total. The molecule has 1 aromatic carbocycles. The van der Waals surface area contributed by atoms with E-state index in [0.29, 0.717) is 24.4 Å². The Balaban J connectivity index is 1.85. The monoisotopic (exact) mass is 330 g/mol. The van der Waals surface area contributed by atoms with Crippen molar-refractivity contribution in [1.29, 1.82) is 0 Å². The minimum absolute atomic E-state index is 0.0512. The molecule has 122 valence electrons. The van der Waals surface area contributed by atoms with E-state index in [0.717, 1.165) is 5.56 Å². The fourth-order valence-electron chi connectivity index (χ4n) is 2.26. The van der Waals surface area contributed by atoms with Crippen LogP contribution in [-0.4, -0.2) is 29.3 Å². The van der Waals surface area contributed by atoms with Crippen molar-refractivity contribution in [2.24, 2.45) is 0 Å². The number of carbonyl (C=O) groups excluding carboxylic acids is 2. The van der Waals surface area contributed by atoms with Crippen LogP contribution >= 0.6 is 11.3 Å². The predicted molar refractivity (Wildman–Crippen MR) is 93.4 cm³/mol. The van der Waals surface area contributed by atoms with Gasteiger partial charge in [0.2, 0.25) is 5.91 Å². The molecule has 5 heteroatoms. The molecule has 0 saturated carbocycles. The minimum atomic E-state index is -0.119. The van der Waals surface area contributed by atoms with Gasteiger partial charge in [0.15, 0.2) is 0 Å². The molecule has 2 aromatic rings. The molecule has 0 aliphatic rings. The number of benzene rings is 1. The number of hydrogen-bond acceptors (Lipinski definition) is 3. The Kier molecular flexibility index (Phi) is 6.35. The summed E-state index contributed by atoms with van der Waals surface area (Å²) in [5.41, 5.74) is 1.11. The molecule has 2 amide bonds. The average Bonchev–Trinajstić information content (AvgIpc) is 3.07. The van der Waals surface area contributed by atoms with E-state index in [9.17, 15) is 9.59 Å². The lowest BCUT2D eigenvalue weighted by Crippen LogP contribution is -2.38. The maximum atomic E-state index is 12.4. The van der Waals surface area contributed by atoms with E-state index < -0.39 is 0 Å². The molecule has 4 nitrogen and oxygen atoms in total. The summed E-state index contributed by atoms with van der Waals surface area (Å²) in [6.07, 6.45) is 0.308. The summed E-state index contributed by atoms with van der Waals surface area (Å²) in [4.78, 5) is 26.8. The molecule has 0 spiro atoms. The highest BCUT2D eigenvalue weighted by Gasteiger charge is 2.17. The second kappa shape index (κ2) is 8.48. The first-order chi connectivity index (χ1) is 11.1. The van der Waals surface area contributed by atoms with E-state index in [1.807, 2.05) is 60.5 Å². The molecule has 1 aromatic heterocycles. The zero-order valence-electron chi connectivity index (χ0n) is 13.5. The summed E-state index contributed by atoms with van der Waals surface area (Å²) < 4.78 is 0. The van der Waals surface area contributed by atoms with Gasteiger partial charge in [0.05, 0.1) is 4.88 Å². The van der Waals surface area contributed by atoms with Gasteiger partial charge in [0, 0.05) is 25.6 Å². The van der Waals surface area contributed by atoms with Crippen LogP contribution in [0.3, 0.4) is 0 Å². The van der Waals surface area contributed by atoms with Crippen molar-refractivity contribution in [3.05, 3.63) is 58.3 Å². The number of thiophene rings is 1. The summed E-state index contributed by atoms with van der Waals surface area (Å²) in [6.45, 7) is 4.96. The Hall–Kier alpha value is -2.14. The van der Waals surface area contributed by atoms with Crippen LogP contribution in [0.5, 0.6) is 0 Å². The molecule has 0 saturated heterocycles. The molecular weight excluding hydrogens is 308 g/mol. The molecule has 0 atom stereocenters. The van der Waals surface area contributed by atoms with Crippen LogP contribution in [0.1, 0.15) is 35.5 Å². The lowest BCUT2D eigenvalue weighted by Gasteiger charge is -2.27. The van der Waals surface area contributed by atoms with Crippen molar-refractivity contribution < 1.29 is 9.59 Å². The van der Waals surface area contributed by atoms with Crippen LogP contribution in [0.25, 0.3) is 0 Å². The molecule has 23 heavy (non-hydrogen) atoms. The molecule has 0 aliphatic heterocycles. The van der Waals surface area contributed by atoms with Gasteiger partial charge < -0.3 is 10.2 Å². The van der Waals surface area contributed by atoms with Crippen molar-refractivity contribution in [3.8, 4) is 0 Å². The molecular formula is C18H22N2O2S. The Morgan fingerprint density at radius 3 is 2.48 bits per heavy atom. The number of hydrogen-bond donors (Lipinski definition) is 1. The Morgan fingerprint density at radius 2 is 1.87 bits per heavy atom. The SMILES string of the molecule is CC(C)N(Cc1ccccc1)C(=O)CCNC(=O)c1cccs1. The van der Waals surface area contributed by atoms with E-state index in [-0.39, 0.29) is 17.9 Å². The number of nitrogens with one attached hydrogen (secondary N) is 1. The molecule has 1 heterocycles. The van der Waals surface area contributed by atoms with Crippen molar-refractivity contribution in [1.82, 2.24) is 10.2 Å². The van der Waals surface area contributed by atoms with Crippen LogP contribution in [-0.2, 0) is 11.3 Å². The lowest BCUT2D eigenvalue weighted by molar-refractivity contribution is -0.133. The smallest absolute Gasteiger partial charge is 0.261 e. The predicted octanol–water partition coefficient (Wildman–Crippen LogP) is 3.31. The number of rotatable bonds is 7. The molecule has 2 rings (SSSR count). The van der Waals surface area contributed by atoms with Crippen LogP contribution in [0.15, 0.2) is 47.8 Å².